The summed E-state index contributed by atoms with van der Waals surface area (Å²) in [6.45, 7) is 4.36. The van der Waals surface area contributed by atoms with Crippen molar-refractivity contribution in [1.82, 2.24) is 0 Å². The van der Waals surface area contributed by atoms with Gasteiger partial charge >= 0.3 is 0 Å². The summed E-state index contributed by atoms with van der Waals surface area (Å²) in [4.78, 5) is 26.4. The second kappa shape index (κ2) is 14.4. The number of allylic oxidation sites excluding steroid dienone is 20. The Morgan fingerprint density at radius 2 is 1.58 bits per heavy atom. The molecule has 5 aliphatic carbocycles. The van der Waals surface area contributed by atoms with Crippen LogP contribution in [0.5, 0.6) is 0 Å². The van der Waals surface area contributed by atoms with Crippen LogP contribution in [0.3, 0.4) is 0 Å². The predicted octanol–water partition coefficient (Wildman–Crippen LogP) is 10.9. The second-order valence-corrected chi connectivity index (χ2v) is 13.3. The quantitative estimate of drug-likeness (QED) is 0.260. The van der Waals surface area contributed by atoms with Gasteiger partial charge in [0.15, 0.2) is 11.6 Å². The molecule has 0 radical (unpaired) electrons. The van der Waals surface area contributed by atoms with Crippen LogP contribution in [0.25, 0.3) is 11.1 Å². The van der Waals surface area contributed by atoms with Crippen molar-refractivity contribution in [3.8, 4) is 0 Å². The zero-order valence-corrected chi connectivity index (χ0v) is 27.5. The number of ketones is 2. The first-order chi connectivity index (χ1) is 23.5. The van der Waals surface area contributed by atoms with Gasteiger partial charge in [-0.3, -0.25) is 9.59 Å². The van der Waals surface area contributed by atoms with E-state index < -0.39 is 0 Å². The number of carbonyl (C=O) groups is 2. The number of hydrogen-bond acceptors (Lipinski definition) is 2. The average Bonchev–Trinajstić information content (AvgIpc) is 3.18. The lowest BCUT2D eigenvalue weighted by Gasteiger charge is -2.28. The van der Waals surface area contributed by atoms with Crippen molar-refractivity contribution in [3.05, 3.63) is 190 Å². The Morgan fingerprint density at radius 3 is 2.27 bits per heavy atom. The Morgan fingerprint density at radius 1 is 0.750 bits per heavy atom. The first-order valence-corrected chi connectivity index (χ1v) is 17.4. The lowest BCUT2D eigenvalue weighted by molar-refractivity contribution is -0.118. The molecular formula is C46H42O2. The van der Waals surface area contributed by atoms with Crippen LogP contribution in [0.4, 0.5) is 0 Å². The van der Waals surface area contributed by atoms with Crippen LogP contribution in [-0.4, -0.2) is 11.6 Å². The van der Waals surface area contributed by atoms with Crippen molar-refractivity contribution in [2.24, 2.45) is 11.8 Å². The maximum atomic E-state index is 13.2. The van der Waals surface area contributed by atoms with Gasteiger partial charge in [-0.05, 0) is 101 Å². The number of hydrogen-bond donors (Lipinski definition) is 0. The molecule has 2 nitrogen and oxygen atoms in total. The van der Waals surface area contributed by atoms with Gasteiger partial charge in [0.25, 0.3) is 0 Å². The van der Waals surface area contributed by atoms with Crippen molar-refractivity contribution in [1.29, 1.82) is 0 Å². The van der Waals surface area contributed by atoms with Gasteiger partial charge in [0, 0.05) is 23.0 Å². The monoisotopic (exact) mass is 626 g/mol. The van der Waals surface area contributed by atoms with Gasteiger partial charge in [0.05, 0.1) is 0 Å². The molecule has 0 saturated heterocycles. The van der Waals surface area contributed by atoms with E-state index in [0.717, 1.165) is 84.8 Å². The molecule has 48 heavy (non-hydrogen) atoms. The summed E-state index contributed by atoms with van der Waals surface area (Å²) in [5.74, 6) is 0.535. The van der Waals surface area contributed by atoms with Gasteiger partial charge in [-0.2, -0.15) is 0 Å². The molecule has 5 aliphatic rings. The van der Waals surface area contributed by atoms with Gasteiger partial charge in [-0.25, -0.2) is 0 Å². The molecule has 238 valence electrons. The standard InChI is InChI=1S/C46H42O2/c1-32(33-11-5-2-6-12-33)34-17-19-35(20-18-34)42-29-43(36-21-25-40(26-22-36)45(47)38-13-7-3-8-14-38)31-44(30-42)37-23-27-41(28-24-37)46(48)39-15-9-4-10-16-39/h2-3,5-7,9,11-12,14-23,25,27,29-30,40,43H,1,4,8,10,13,24,26,28,31H2. The first-order valence-electron chi connectivity index (χ1n) is 17.4. The SMILES string of the molecule is C=C(c1ccccc1)c1ccc(C2=CC(C3=CCC(C(=O)C4=CCC=CC4)C=C3)CC(C3=CC=C(C(=O)C4=CCCC=C4)CC3)=C2)cc1. The zero-order chi connectivity index (χ0) is 32.9. The summed E-state index contributed by atoms with van der Waals surface area (Å²) >= 11 is 0. The topological polar surface area (TPSA) is 34.1 Å². The normalized spacial score (nSPS) is 22.0. The fraction of sp³-hybridized carbons (Fsp3) is 0.217. The van der Waals surface area contributed by atoms with Gasteiger partial charge in [-0.15, -0.1) is 0 Å². The van der Waals surface area contributed by atoms with Gasteiger partial charge in [0.2, 0.25) is 0 Å². The van der Waals surface area contributed by atoms with Crippen molar-refractivity contribution in [3.63, 3.8) is 0 Å². The maximum absolute atomic E-state index is 13.2. The van der Waals surface area contributed by atoms with E-state index in [0.29, 0.717) is 0 Å². The van der Waals surface area contributed by atoms with Gasteiger partial charge in [0.1, 0.15) is 0 Å². The van der Waals surface area contributed by atoms with Crippen molar-refractivity contribution in [2.75, 3.05) is 0 Å². The summed E-state index contributed by atoms with van der Waals surface area (Å²) in [5, 5.41) is 0. The highest BCUT2D eigenvalue weighted by Crippen LogP contribution is 2.40. The molecular weight excluding hydrogens is 585 g/mol. The summed E-state index contributed by atoms with van der Waals surface area (Å²) in [6.07, 6.45) is 34.8. The highest BCUT2D eigenvalue weighted by atomic mass is 16.1. The van der Waals surface area contributed by atoms with E-state index in [1.165, 1.54) is 27.9 Å². The van der Waals surface area contributed by atoms with Crippen molar-refractivity contribution in [2.45, 2.75) is 51.4 Å². The molecule has 0 spiro atoms. The van der Waals surface area contributed by atoms with E-state index >= 15 is 0 Å². The van der Waals surface area contributed by atoms with Crippen molar-refractivity contribution >= 4 is 22.7 Å². The minimum absolute atomic E-state index is 0.0879. The third-order valence-electron chi connectivity index (χ3n) is 10.2. The number of Topliss-reactive ketones (excluding diaryl/α,β-unsaturated/α-hetero) is 2. The molecule has 0 bridgehead atoms. The molecule has 0 fully saturated rings. The van der Waals surface area contributed by atoms with E-state index in [1.807, 2.05) is 30.4 Å². The third kappa shape index (κ3) is 6.94. The molecule has 0 aromatic heterocycles. The smallest absolute Gasteiger partial charge is 0.188 e. The highest BCUT2D eigenvalue weighted by molar-refractivity contribution is 6.10. The van der Waals surface area contributed by atoms with E-state index in [9.17, 15) is 9.59 Å². The second-order valence-electron chi connectivity index (χ2n) is 13.3. The molecule has 2 heteroatoms. The minimum Gasteiger partial charge on any atom is -0.294 e. The van der Waals surface area contributed by atoms with Crippen LogP contribution in [0.2, 0.25) is 0 Å². The molecule has 0 saturated carbocycles. The van der Waals surface area contributed by atoms with Crippen LogP contribution in [0, 0.1) is 11.8 Å². The largest absolute Gasteiger partial charge is 0.294 e. The van der Waals surface area contributed by atoms with Crippen molar-refractivity contribution < 1.29 is 9.59 Å². The summed E-state index contributed by atoms with van der Waals surface area (Å²) in [7, 11) is 0. The maximum Gasteiger partial charge on any atom is 0.188 e. The Kier molecular flexibility index (Phi) is 9.43. The zero-order valence-electron chi connectivity index (χ0n) is 27.5. The van der Waals surface area contributed by atoms with Crippen LogP contribution in [0.1, 0.15) is 68.1 Å². The van der Waals surface area contributed by atoms with E-state index in [4.69, 9.17) is 0 Å². The third-order valence-corrected chi connectivity index (χ3v) is 10.2. The van der Waals surface area contributed by atoms with Gasteiger partial charge in [-0.1, -0.05) is 140 Å². The number of rotatable bonds is 9. The molecule has 2 unspecified atom stereocenters. The first kappa shape index (κ1) is 31.5. The Bertz CT molecular complexity index is 1940. The molecule has 2 aromatic carbocycles. The highest BCUT2D eigenvalue weighted by Gasteiger charge is 2.27. The van der Waals surface area contributed by atoms with Crippen LogP contribution < -0.4 is 0 Å². The average molecular weight is 627 g/mol. The molecule has 0 amide bonds. The van der Waals surface area contributed by atoms with E-state index in [2.05, 4.69) is 110 Å². The number of carbonyl (C=O) groups excluding carboxylic acids is 2. The molecule has 0 N–H and O–H groups in total. The van der Waals surface area contributed by atoms with Crippen LogP contribution in [-0.2, 0) is 9.59 Å². The van der Waals surface area contributed by atoms with E-state index in [-0.39, 0.29) is 23.4 Å². The van der Waals surface area contributed by atoms with Crippen LogP contribution >= 0.6 is 0 Å². The summed E-state index contributed by atoms with van der Waals surface area (Å²) in [5.41, 5.74) is 12.2. The summed E-state index contributed by atoms with van der Waals surface area (Å²) in [6, 6.07) is 19.1. The number of benzene rings is 2. The fourth-order valence-corrected chi connectivity index (χ4v) is 7.30. The lowest BCUT2D eigenvalue weighted by Crippen LogP contribution is -2.18. The Balaban J connectivity index is 1.15. The molecule has 7 rings (SSSR count). The predicted molar refractivity (Wildman–Crippen MR) is 199 cm³/mol. The molecule has 2 aromatic rings. The summed E-state index contributed by atoms with van der Waals surface area (Å²) < 4.78 is 0. The lowest BCUT2D eigenvalue weighted by atomic mass is 9.76. The Labute approximate surface area is 285 Å². The minimum atomic E-state index is -0.0879. The Hall–Kier alpha value is -5.08. The molecule has 2 atom stereocenters. The van der Waals surface area contributed by atoms with E-state index in [1.54, 1.807) is 0 Å². The van der Waals surface area contributed by atoms with Gasteiger partial charge < -0.3 is 0 Å². The van der Waals surface area contributed by atoms with Crippen LogP contribution in [0.15, 0.2) is 174 Å². The molecule has 0 heterocycles. The fourth-order valence-electron chi connectivity index (χ4n) is 7.30. The molecule has 0 aliphatic heterocycles.